The predicted molar refractivity (Wildman–Crippen MR) is 87.6 cm³/mol. The molecule has 0 saturated heterocycles. The van der Waals surface area contributed by atoms with Crippen LogP contribution in [0, 0.1) is 0 Å². The normalized spacial score (nSPS) is 10.4. The van der Waals surface area contributed by atoms with Gasteiger partial charge in [0, 0.05) is 11.7 Å². The molecule has 0 unspecified atom stereocenters. The van der Waals surface area contributed by atoms with Crippen molar-refractivity contribution in [3.05, 3.63) is 54.6 Å². The molecule has 0 fully saturated rings. The van der Waals surface area contributed by atoms with E-state index >= 15 is 0 Å². The van der Waals surface area contributed by atoms with E-state index in [0.29, 0.717) is 5.75 Å². The van der Waals surface area contributed by atoms with E-state index in [1.54, 1.807) is 36.3 Å². The standard InChI is InChI=1S/C18H21NO3/c1-14(2)19(15-7-5-4-6-8-15)18(20)13-22-17-11-9-16(21-3)10-12-17/h4-12,14H,13H2,1-3H3. The van der Waals surface area contributed by atoms with Gasteiger partial charge in [-0.2, -0.15) is 0 Å². The molecule has 0 aliphatic rings. The summed E-state index contributed by atoms with van der Waals surface area (Å²) in [5, 5.41) is 0. The maximum absolute atomic E-state index is 12.5. The van der Waals surface area contributed by atoms with E-state index in [1.807, 2.05) is 44.2 Å². The summed E-state index contributed by atoms with van der Waals surface area (Å²) < 4.78 is 10.7. The summed E-state index contributed by atoms with van der Waals surface area (Å²) >= 11 is 0. The zero-order valence-electron chi connectivity index (χ0n) is 13.2. The molecule has 4 nitrogen and oxygen atoms in total. The number of para-hydroxylation sites is 1. The molecule has 1 amide bonds. The van der Waals surface area contributed by atoms with Crippen molar-refractivity contribution in [2.75, 3.05) is 18.6 Å². The van der Waals surface area contributed by atoms with Gasteiger partial charge in [0.15, 0.2) is 6.61 Å². The van der Waals surface area contributed by atoms with Gasteiger partial charge >= 0.3 is 0 Å². The van der Waals surface area contributed by atoms with Crippen LogP contribution in [0.3, 0.4) is 0 Å². The second-order valence-electron chi connectivity index (χ2n) is 5.16. The van der Waals surface area contributed by atoms with Gasteiger partial charge in [0.05, 0.1) is 7.11 Å². The predicted octanol–water partition coefficient (Wildman–Crippen LogP) is 3.52. The smallest absolute Gasteiger partial charge is 0.265 e. The zero-order valence-corrected chi connectivity index (χ0v) is 13.2. The summed E-state index contributed by atoms with van der Waals surface area (Å²) in [5.74, 6) is 1.33. The Kier molecular flexibility index (Phi) is 5.42. The minimum atomic E-state index is -0.0722. The van der Waals surface area contributed by atoms with Gasteiger partial charge in [-0.15, -0.1) is 0 Å². The van der Waals surface area contributed by atoms with Crippen molar-refractivity contribution in [1.29, 1.82) is 0 Å². The Hall–Kier alpha value is -2.49. The number of carbonyl (C=O) groups excluding carboxylic acids is 1. The number of methoxy groups -OCH3 is 1. The second kappa shape index (κ2) is 7.50. The Balaban J connectivity index is 2.02. The fraction of sp³-hybridized carbons (Fsp3) is 0.278. The molecular weight excluding hydrogens is 278 g/mol. The van der Waals surface area contributed by atoms with Crippen LogP contribution in [-0.2, 0) is 4.79 Å². The van der Waals surface area contributed by atoms with Gasteiger partial charge in [0.1, 0.15) is 11.5 Å². The highest BCUT2D eigenvalue weighted by molar-refractivity contribution is 5.94. The van der Waals surface area contributed by atoms with Crippen molar-refractivity contribution in [3.8, 4) is 11.5 Å². The van der Waals surface area contributed by atoms with Crippen LogP contribution in [-0.4, -0.2) is 25.7 Å². The second-order valence-corrected chi connectivity index (χ2v) is 5.16. The highest BCUT2D eigenvalue weighted by Gasteiger charge is 2.19. The molecule has 0 saturated carbocycles. The van der Waals surface area contributed by atoms with Crippen LogP contribution in [0.15, 0.2) is 54.6 Å². The van der Waals surface area contributed by atoms with E-state index in [2.05, 4.69) is 0 Å². The van der Waals surface area contributed by atoms with Gasteiger partial charge in [-0.05, 0) is 50.2 Å². The molecule has 0 aromatic heterocycles. The number of amides is 1. The first-order valence-electron chi connectivity index (χ1n) is 7.26. The van der Waals surface area contributed by atoms with Gasteiger partial charge in [0.25, 0.3) is 5.91 Å². The average Bonchev–Trinajstić information content (AvgIpc) is 2.54. The minimum absolute atomic E-state index is 0.000592. The quantitative estimate of drug-likeness (QED) is 0.819. The van der Waals surface area contributed by atoms with Gasteiger partial charge in [0.2, 0.25) is 0 Å². The molecule has 0 bridgehead atoms. The lowest BCUT2D eigenvalue weighted by atomic mass is 10.2. The van der Waals surface area contributed by atoms with E-state index in [1.165, 1.54) is 0 Å². The summed E-state index contributed by atoms with van der Waals surface area (Å²) in [5.41, 5.74) is 0.876. The fourth-order valence-electron chi connectivity index (χ4n) is 2.21. The van der Waals surface area contributed by atoms with Crippen molar-refractivity contribution >= 4 is 11.6 Å². The molecule has 0 aliphatic carbocycles. The molecule has 22 heavy (non-hydrogen) atoms. The van der Waals surface area contributed by atoms with Crippen LogP contribution in [0.1, 0.15) is 13.8 Å². The lowest BCUT2D eigenvalue weighted by Crippen LogP contribution is -2.40. The third kappa shape index (κ3) is 4.01. The van der Waals surface area contributed by atoms with Gasteiger partial charge in [-0.3, -0.25) is 4.79 Å². The molecule has 0 heterocycles. The van der Waals surface area contributed by atoms with Crippen molar-refractivity contribution in [2.45, 2.75) is 19.9 Å². The first-order valence-corrected chi connectivity index (χ1v) is 7.26. The van der Waals surface area contributed by atoms with Gasteiger partial charge < -0.3 is 14.4 Å². The fourth-order valence-corrected chi connectivity index (χ4v) is 2.21. The lowest BCUT2D eigenvalue weighted by molar-refractivity contribution is -0.120. The number of ether oxygens (including phenoxy) is 2. The van der Waals surface area contributed by atoms with E-state index in [4.69, 9.17) is 9.47 Å². The molecular formula is C18H21NO3. The van der Waals surface area contributed by atoms with Crippen molar-refractivity contribution in [3.63, 3.8) is 0 Å². The van der Waals surface area contributed by atoms with Crippen molar-refractivity contribution in [2.24, 2.45) is 0 Å². The maximum Gasteiger partial charge on any atom is 0.265 e. The molecule has 2 aromatic rings. The van der Waals surface area contributed by atoms with Crippen LogP contribution in [0.4, 0.5) is 5.69 Å². The summed E-state index contributed by atoms with van der Waals surface area (Å²) in [6.45, 7) is 3.97. The highest BCUT2D eigenvalue weighted by Crippen LogP contribution is 2.19. The Morgan fingerprint density at radius 3 is 2.14 bits per heavy atom. The molecule has 0 aliphatic heterocycles. The van der Waals surface area contributed by atoms with Crippen molar-refractivity contribution < 1.29 is 14.3 Å². The maximum atomic E-state index is 12.5. The number of hydrogen-bond acceptors (Lipinski definition) is 3. The largest absolute Gasteiger partial charge is 0.497 e. The number of rotatable bonds is 6. The number of hydrogen-bond donors (Lipinski definition) is 0. The summed E-state index contributed by atoms with van der Waals surface area (Å²) in [6.07, 6.45) is 0. The van der Waals surface area contributed by atoms with Crippen LogP contribution in [0.25, 0.3) is 0 Å². The average molecular weight is 299 g/mol. The van der Waals surface area contributed by atoms with Crippen LogP contribution in [0.2, 0.25) is 0 Å². The molecule has 4 heteroatoms. The topological polar surface area (TPSA) is 38.8 Å². The number of carbonyl (C=O) groups is 1. The van der Waals surface area contributed by atoms with E-state index in [9.17, 15) is 4.79 Å². The van der Waals surface area contributed by atoms with E-state index in [0.717, 1.165) is 11.4 Å². The Bertz CT molecular complexity index is 593. The Morgan fingerprint density at radius 1 is 1.00 bits per heavy atom. The third-order valence-corrected chi connectivity index (χ3v) is 3.24. The Labute approximate surface area is 131 Å². The summed E-state index contributed by atoms with van der Waals surface area (Å²) in [6, 6.07) is 16.9. The van der Waals surface area contributed by atoms with Crippen LogP contribution in [0.5, 0.6) is 11.5 Å². The molecule has 0 atom stereocenters. The first-order chi connectivity index (χ1) is 10.6. The summed E-state index contributed by atoms with van der Waals surface area (Å²) in [4.78, 5) is 14.2. The molecule has 0 N–H and O–H groups in total. The monoisotopic (exact) mass is 299 g/mol. The Morgan fingerprint density at radius 2 is 1.59 bits per heavy atom. The molecule has 116 valence electrons. The number of anilines is 1. The molecule has 2 aromatic carbocycles. The molecule has 0 radical (unpaired) electrons. The van der Waals surface area contributed by atoms with E-state index in [-0.39, 0.29) is 18.6 Å². The molecule has 2 rings (SSSR count). The zero-order chi connectivity index (χ0) is 15.9. The van der Waals surface area contributed by atoms with Crippen LogP contribution < -0.4 is 14.4 Å². The highest BCUT2D eigenvalue weighted by atomic mass is 16.5. The van der Waals surface area contributed by atoms with Gasteiger partial charge in [-0.1, -0.05) is 18.2 Å². The first kappa shape index (κ1) is 15.9. The van der Waals surface area contributed by atoms with Crippen LogP contribution >= 0.6 is 0 Å². The SMILES string of the molecule is COc1ccc(OCC(=O)N(c2ccccc2)C(C)C)cc1. The third-order valence-electron chi connectivity index (χ3n) is 3.24. The van der Waals surface area contributed by atoms with Gasteiger partial charge in [-0.25, -0.2) is 0 Å². The number of benzene rings is 2. The molecule has 0 spiro atoms. The number of nitrogens with zero attached hydrogens (tertiary/aromatic N) is 1. The lowest BCUT2D eigenvalue weighted by Gasteiger charge is -2.26. The van der Waals surface area contributed by atoms with E-state index < -0.39 is 0 Å². The van der Waals surface area contributed by atoms with Crippen molar-refractivity contribution in [1.82, 2.24) is 0 Å². The summed E-state index contributed by atoms with van der Waals surface area (Å²) in [7, 11) is 1.61. The minimum Gasteiger partial charge on any atom is -0.497 e.